The lowest BCUT2D eigenvalue weighted by molar-refractivity contribution is 0.0644. The predicted molar refractivity (Wildman–Crippen MR) is 452 cm³/mol. The van der Waals surface area contributed by atoms with Gasteiger partial charge in [0, 0.05) is 162 Å². The van der Waals surface area contributed by atoms with E-state index in [9.17, 15) is 14.4 Å². The van der Waals surface area contributed by atoms with Gasteiger partial charge in [-0.05, 0) is 194 Å². The van der Waals surface area contributed by atoms with E-state index < -0.39 is 0 Å². The minimum Gasteiger partial charge on any atom is -0.493 e. The zero-order chi connectivity index (χ0) is 81.3. The number of rotatable bonds is 30. The maximum Gasteiger partial charge on any atom is 0.255 e. The molecule has 3 amide bonds. The van der Waals surface area contributed by atoms with Crippen molar-refractivity contribution in [2.45, 2.75) is 123 Å². The van der Waals surface area contributed by atoms with Gasteiger partial charge in [0.15, 0.2) is 40.8 Å². The van der Waals surface area contributed by atoms with Crippen LogP contribution < -0.4 is 43.1 Å². The van der Waals surface area contributed by atoms with E-state index in [4.69, 9.17) is 28.4 Å². The number of carbonyl (C=O) groups is 3. The maximum atomic E-state index is 14.2. The number of fused-ring (bicyclic) bond motifs is 3. The number of hydrogen-bond donors (Lipinski definition) is 0. The van der Waals surface area contributed by atoms with Crippen LogP contribution in [-0.2, 0) is 39.3 Å². The van der Waals surface area contributed by atoms with Crippen molar-refractivity contribution >= 4 is 34.8 Å². The highest BCUT2D eigenvalue weighted by atomic mass is 16.5. The summed E-state index contributed by atoms with van der Waals surface area (Å²) in [6.45, 7) is 28.4. The third kappa shape index (κ3) is 19.1. The monoisotopic (exact) mass is 1590 g/mol. The molecule has 0 bridgehead atoms. The number of ether oxygens (including phenoxy) is 6. The van der Waals surface area contributed by atoms with E-state index in [0.717, 1.165) is 207 Å². The Balaban J connectivity index is 0.000000145. The van der Waals surface area contributed by atoms with Gasteiger partial charge in [-0.1, -0.05) is 87.5 Å². The number of aromatic nitrogens is 8. The van der Waals surface area contributed by atoms with Crippen LogP contribution >= 0.6 is 0 Å². The Morgan fingerprint density at radius 1 is 0.402 bits per heavy atom. The van der Waals surface area contributed by atoms with Gasteiger partial charge in [-0.15, -0.1) is 15.3 Å². The third-order valence-electron chi connectivity index (χ3n) is 24.9. The van der Waals surface area contributed by atoms with Crippen LogP contribution in [-0.4, -0.2) is 246 Å². The number of nitrogens with zero attached hydrogens (tertiary/aromatic N) is 18. The smallest absolute Gasteiger partial charge is 0.255 e. The van der Waals surface area contributed by atoms with Crippen LogP contribution in [0.25, 0.3) is 0 Å². The van der Waals surface area contributed by atoms with Crippen molar-refractivity contribution in [1.82, 2.24) is 74.7 Å². The molecule has 0 radical (unpaired) electrons. The van der Waals surface area contributed by atoms with E-state index in [-0.39, 0.29) is 35.8 Å². The molecule has 7 aliphatic heterocycles. The Morgan fingerprint density at radius 3 is 1.18 bits per heavy atom. The Labute approximate surface area is 688 Å². The number of likely N-dealkylation sites (N-methyl/N-ethyl adjacent to an activating group) is 3. The van der Waals surface area contributed by atoms with Gasteiger partial charge in [-0.25, -0.2) is 4.68 Å². The molecule has 9 aromatic rings. The van der Waals surface area contributed by atoms with Crippen LogP contribution in [0.15, 0.2) is 152 Å². The Morgan fingerprint density at radius 2 is 0.803 bits per heavy atom. The Bertz CT molecular complexity index is 4550. The standard InChI is InChI=1S/C36H46N4O3.2C27H35N7O3/c1-4-37-19-21-39(22-20-37)32-12-8-11-30-31(32)26-40(36(30)41)33(29-13-14-34(42-2)35(24-29)43-3)23-27-15-17-38(18-16-27)25-28-9-6-5-7-10-28;1-4-31-13-15-32(16-14-31)24-8-5-7-21-22(24)18-34(27(21)35)23(9-6-12-33-19-28-29-30-33)20-10-11-25(36-2)26(17-20)37-3;1-4-31-13-15-32(16-14-31)24-8-5-7-21-22(24)18-33(27(21)35)23(9-6-12-34-29-19-28-30-34)20-10-11-25(36-2)26(17-20)37-3/h5-14,24,27,33H,4,15-23,25-26H2,1-3H3;2*5,7-8,10-11,17,19,23H,4,6,9,12-16,18H2,1-3H3/t;2*23-/m.11/s1. The lowest BCUT2D eigenvalue weighted by atomic mass is 9.86. The van der Waals surface area contributed by atoms with Gasteiger partial charge in [-0.3, -0.25) is 19.3 Å². The van der Waals surface area contributed by atoms with E-state index in [1.54, 1.807) is 58.5 Å². The number of carbonyl (C=O) groups excluding carboxylic acids is 3. The number of methoxy groups -OCH3 is 6. The molecule has 7 aromatic carbocycles. The van der Waals surface area contributed by atoms with Crippen molar-refractivity contribution in [3.63, 3.8) is 0 Å². The van der Waals surface area contributed by atoms with E-state index in [1.165, 1.54) is 34.5 Å². The topological polar surface area (TPSA) is 226 Å². The molecule has 620 valence electrons. The highest BCUT2D eigenvalue weighted by Gasteiger charge is 2.41. The first-order valence-electron chi connectivity index (χ1n) is 41.9. The minimum atomic E-state index is -0.131. The molecule has 27 heteroatoms. The molecule has 0 spiro atoms. The summed E-state index contributed by atoms with van der Waals surface area (Å²) in [6.07, 6.45) is 9.40. The number of piperidine rings is 1. The maximum absolute atomic E-state index is 14.2. The molecule has 16 rings (SSSR count). The van der Waals surface area contributed by atoms with Crippen molar-refractivity contribution in [2.24, 2.45) is 5.92 Å². The van der Waals surface area contributed by atoms with Gasteiger partial charge in [0.2, 0.25) is 0 Å². The average Bonchev–Trinajstić information content (AvgIpc) is 1.63. The number of piperazine rings is 3. The van der Waals surface area contributed by atoms with E-state index >= 15 is 0 Å². The molecule has 27 nitrogen and oxygen atoms in total. The van der Waals surface area contributed by atoms with Crippen LogP contribution in [0.4, 0.5) is 17.1 Å². The number of hydrogen-bond acceptors (Lipinski definition) is 22. The quantitative estimate of drug-likeness (QED) is 0.0408. The molecule has 7 aliphatic rings. The highest BCUT2D eigenvalue weighted by Crippen LogP contribution is 2.46. The number of anilines is 3. The molecule has 4 fully saturated rings. The second kappa shape index (κ2) is 39.4. The van der Waals surface area contributed by atoms with Gasteiger partial charge in [0.05, 0.1) is 67.3 Å². The van der Waals surface area contributed by atoms with Crippen LogP contribution in [0.3, 0.4) is 0 Å². The van der Waals surface area contributed by atoms with E-state index in [0.29, 0.717) is 73.1 Å². The average molecular weight is 1590 g/mol. The van der Waals surface area contributed by atoms with Crippen LogP contribution in [0.2, 0.25) is 0 Å². The molecule has 0 saturated carbocycles. The second-order valence-electron chi connectivity index (χ2n) is 31.2. The van der Waals surface area contributed by atoms with Crippen LogP contribution in [0.5, 0.6) is 34.5 Å². The fraction of sp³-hybridized carbons (Fsp3) is 0.478. The lowest BCUT2D eigenvalue weighted by Gasteiger charge is -2.37. The zero-order valence-electron chi connectivity index (χ0n) is 69.7. The highest BCUT2D eigenvalue weighted by molar-refractivity contribution is 6.02. The second-order valence-corrected chi connectivity index (χ2v) is 31.2. The number of tetrazole rings is 2. The Kier molecular flexibility index (Phi) is 27.8. The summed E-state index contributed by atoms with van der Waals surface area (Å²) in [5.41, 5.74) is 14.0. The molecule has 9 heterocycles. The van der Waals surface area contributed by atoms with Crippen LogP contribution in [0, 0.1) is 5.92 Å². The lowest BCUT2D eigenvalue weighted by Crippen LogP contribution is -2.46. The van der Waals surface area contributed by atoms with Crippen molar-refractivity contribution in [2.75, 3.05) is 169 Å². The molecule has 2 aromatic heterocycles. The minimum absolute atomic E-state index is 0.0323. The summed E-state index contributed by atoms with van der Waals surface area (Å²) in [7, 11) is 9.87. The van der Waals surface area contributed by atoms with Gasteiger partial charge >= 0.3 is 0 Å². The predicted octanol–water partition coefficient (Wildman–Crippen LogP) is 11.9. The number of aryl methyl sites for hydroxylation is 2. The summed E-state index contributed by atoms with van der Waals surface area (Å²) >= 11 is 0. The molecule has 0 N–H and O–H groups in total. The number of amides is 3. The molecule has 117 heavy (non-hydrogen) atoms. The molecular weight excluding hydrogens is 1480 g/mol. The van der Waals surface area contributed by atoms with Crippen LogP contribution in [0.1, 0.15) is 154 Å². The first-order valence-corrected chi connectivity index (χ1v) is 41.9. The molecule has 0 aliphatic carbocycles. The summed E-state index contributed by atoms with van der Waals surface area (Å²) < 4.78 is 35.1. The molecule has 1 unspecified atom stereocenters. The summed E-state index contributed by atoms with van der Waals surface area (Å²) in [6, 6.07) is 47.1. The first kappa shape index (κ1) is 82.7. The van der Waals surface area contributed by atoms with Gasteiger partial charge in [0.1, 0.15) is 6.33 Å². The number of benzene rings is 7. The normalized spacial score (nSPS) is 17.5. The summed E-state index contributed by atoms with van der Waals surface area (Å²) in [4.78, 5) is 66.9. The van der Waals surface area contributed by atoms with Crippen molar-refractivity contribution < 1.29 is 42.8 Å². The van der Waals surface area contributed by atoms with Crippen molar-refractivity contribution in [3.05, 3.63) is 208 Å². The zero-order valence-corrected chi connectivity index (χ0v) is 69.7. The SMILES string of the molecule is CCN1CCN(c2cccc3c2CN(C(CC2CCN(Cc4ccccc4)CC2)c2ccc(OC)c(OC)c2)C3=O)CC1.CCN1CCN(c2cccc3c2CN([C@H](CCCn2cnnn2)c2ccc(OC)c(OC)c2)C3=O)CC1.CCN1CCN(c2cccc3c2CN([C@H](CCCn2ncnn2)c2ccc(OC)c(OC)c2)C3=O)CC1. The van der Waals surface area contributed by atoms with Gasteiger partial charge < -0.3 is 72.5 Å². The largest absolute Gasteiger partial charge is 0.493 e. The molecule has 4 saturated heterocycles. The van der Waals surface area contributed by atoms with Crippen molar-refractivity contribution in [3.8, 4) is 34.5 Å². The fourth-order valence-corrected chi connectivity index (χ4v) is 18.2. The van der Waals surface area contributed by atoms with Gasteiger partial charge in [-0.2, -0.15) is 4.80 Å². The Hall–Kier alpha value is -10.9. The van der Waals surface area contributed by atoms with Crippen molar-refractivity contribution in [1.29, 1.82) is 0 Å². The third-order valence-corrected chi connectivity index (χ3v) is 24.9. The molecule has 3 atom stereocenters. The van der Waals surface area contributed by atoms with E-state index in [2.05, 4.69) is 158 Å². The van der Waals surface area contributed by atoms with E-state index in [1.807, 2.05) is 82.6 Å². The van der Waals surface area contributed by atoms with Gasteiger partial charge in [0.25, 0.3) is 17.7 Å². The summed E-state index contributed by atoms with van der Waals surface area (Å²) in [5.74, 6) is 4.91. The number of likely N-dealkylation sites (tertiary alicyclic amines) is 1. The fourth-order valence-electron chi connectivity index (χ4n) is 18.2. The molecular formula is C90H116N18O9. The first-order chi connectivity index (χ1) is 57.3. The summed E-state index contributed by atoms with van der Waals surface area (Å²) in [5, 5.41) is 23.4.